The van der Waals surface area contributed by atoms with E-state index in [9.17, 15) is 4.79 Å². The lowest BCUT2D eigenvalue weighted by molar-refractivity contribution is -0.121. The van der Waals surface area contributed by atoms with Gasteiger partial charge in [0, 0.05) is 13.0 Å². The van der Waals surface area contributed by atoms with E-state index in [2.05, 4.69) is 0 Å². The van der Waals surface area contributed by atoms with Crippen LogP contribution in [0.2, 0.25) is 0 Å². The van der Waals surface area contributed by atoms with Crippen LogP contribution < -0.4 is 9.47 Å². The van der Waals surface area contributed by atoms with Gasteiger partial charge in [-0.1, -0.05) is 54.3 Å². The third kappa shape index (κ3) is 5.34. The number of hydrogen-bond acceptors (Lipinski definition) is 5. The van der Waals surface area contributed by atoms with E-state index < -0.39 is 0 Å². The van der Waals surface area contributed by atoms with Crippen molar-refractivity contribution >= 4 is 40.3 Å². The number of likely N-dealkylation sites (N-methyl/N-ethyl adjacent to an activating group) is 1. The van der Waals surface area contributed by atoms with Gasteiger partial charge in [-0.2, -0.15) is 0 Å². The van der Waals surface area contributed by atoms with Crippen molar-refractivity contribution in [2.75, 3.05) is 19.8 Å². The normalized spacial score (nSPS) is 15.4. The highest BCUT2D eigenvalue weighted by atomic mass is 32.2. The summed E-state index contributed by atoms with van der Waals surface area (Å²) in [5.41, 5.74) is 0.950. The summed E-state index contributed by atoms with van der Waals surface area (Å²) >= 11 is 6.57. The molecule has 0 N–H and O–H groups in total. The zero-order valence-corrected chi connectivity index (χ0v) is 16.7. The third-order valence-electron chi connectivity index (χ3n) is 3.94. The molecule has 27 heavy (non-hydrogen) atoms. The Morgan fingerprint density at radius 2 is 1.63 bits per heavy atom. The maximum atomic E-state index is 12.2. The third-order valence-corrected chi connectivity index (χ3v) is 5.31. The van der Waals surface area contributed by atoms with Crippen molar-refractivity contribution in [2.45, 2.75) is 13.3 Å². The minimum Gasteiger partial charge on any atom is -0.493 e. The van der Waals surface area contributed by atoms with E-state index in [0.29, 0.717) is 29.0 Å². The molecular formula is C21H21NO3S2. The quantitative estimate of drug-likeness (QED) is 0.364. The van der Waals surface area contributed by atoms with E-state index in [0.717, 1.165) is 23.5 Å². The van der Waals surface area contributed by atoms with Gasteiger partial charge in [0.05, 0.1) is 18.1 Å². The monoisotopic (exact) mass is 399 g/mol. The average Bonchev–Trinajstić information content (AvgIpc) is 2.96. The number of hydrogen-bond donors (Lipinski definition) is 0. The summed E-state index contributed by atoms with van der Waals surface area (Å²) in [4.78, 5) is 14.5. The molecular weight excluding hydrogens is 378 g/mol. The second-order valence-corrected chi connectivity index (χ2v) is 7.53. The molecule has 6 heteroatoms. The van der Waals surface area contributed by atoms with Gasteiger partial charge >= 0.3 is 0 Å². The molecule has 0 unspecified atom stereocenters. The SMILES string of the molecule is CCN1C(=O)C(=Cc2ccc(OCCCOc3ccccc3)cc2)SC1=S. The van der Waals surface area contributed by atoms with Crippen molar-refractivity contribution in [3.8, 4) is 11.5 Å². The molecule has 2 aromatic rings. The fourth-order valence-corrected chi connectivity index (χ4v) is 3.92. The number of carbonyl (C=O) groups excluding carboxylic acids is 1. The van der Waals surface area contributed by atoms with Gasteiger partial charge in [-0.25, -0.2) is 0 Å². The van der Waals surface area contributed by atoms with Crippen LogP contribution in [0.5, 0.6) is 11.5 Å². The van der Waals surface area contributed by atoms with Crippen LogP contribution in [0.25, 0.3) is 6.08 Å². The summed E-state index contributed by atoms with van der Waals surface area (Å²) in [6, 6.07) is 17.4. The van der Waals surface area contributed by atoms with Gasteiger partial charge in [-0.05, 0) is 42.8 Å². The molecule has 140 valence electrons. The Morgan fingerprint density at radius 3 is 2.22 bits per heavy atom. The summed E-state index contributed by atoms with van der Waals surface area (Å²) in [7, 11) is 0. The molecule has 0 aliphatic carbocycles. The lowest BCUT2D eigenvalue weighted by atomic mass is 10.2. The Labute approximate surface area is 169 Å². The average molecular weight is 400 g/mol. The molecule has 1 aliphatic rings. The van der Waals surface area contributed by atoms with Crippen LogP contribution in [0.3, 0.4) is 0 Å². The number of carbonyl (C=O) groups is 1. The molecule has 0 radical (unpaired) electrons. The van der Waals surface area contributed by atoms with E-state index in [4.69, 9.17) is 21.7 Å². The van der Waals surface area contributed by atoms with Crippen LogP contribution in [0, 0.1) is 0 Å². The van der Waals surface area contributed by atoms with Crippen LogP contribution in [0.15, 0.2) is 59.5 Å². The van der Waals surface area contributed by atoms with E-state index >= 15 is 0 Å². The van der Waals surface area contributed by atoms with Crippen LogP contribution in [0.1, 0.15) is 18.9 Å². The van der Waals surface area contributed by atoms with Gasteiger partial charge < -0.3 is 9.47 Å². The van der Waals surface area contributed by atoms with Gasteiger partial charge in [0.15, 0.2) is 0 Å². The predicted molar refractivity (Wildman–Crippen MR) is 114 cm³/mol. The Kier molecular flexibility index (Phi) is 6.90. The highest BCUT2D eigenvalue weighted by molar-refractivity contribution is 8.26. The number of thiocarbonyl (C=S) groups is 1. The first-order valence-electron chi connectivity index (χ1n) is 8.83. The minimum atomic E-state index is -0.0220. The van der Waals surface area contributed by atoms with Crippen molar-refractivity contribution in [1.82, 2.24) is 4.90 Å². The second-order valence-electron chi connectivity index (χ2n) is 5.86. The Bertz CT molecular complexity index is 819. The molecule has 0 saturated carbocycles. The largest absolute Gasteiger partial charge is 0.493 e. The number of para-hydroxylation sites is 1. The fraction of sp³-hybridized carbons (Fsp3) is 0.238. The maximum Gasteiger partial charge on any atom is 0.266 e. The number of thioether (sulfide) groups is 1. The number of amides is 1. The number of benzene rings is 2. The maximum absolute atomic E-state index is 12.2. The molecule has 1 saturated heterocycles. The molecule has 2 aromatic carbocycles. The molecule has 1 amide bonds. The summed E-state index contributed by atoms with van der Waals surface area (Å²) in [6.45, 7) is 3.72. The van der Waals surface area contributed by atoms with Crippen molar-refractivity contribution < 1.29 is 14.3 Å². The topological polar surface area (TPSA) is 38.8 Å². The number of rotatable bonds is 8. The van der Waals surface area contributed by atoms with Gasteiger partial charge in [-0.15, -0.1) is 0 Å². The summed E-state index contributed by atoms with van der Waals surface area (Å²) in [5, 5.41) is 0. The number of nitrogens with zero attached hydrogens (tertiary/aromatic N) is 1. The summed E-state index contributed by atoms with van der Waals surface area (Å²) in [6.07, 6.45) is 2.67. The zero-order valence-electron chi connectivity index (χ0n) is 15.1. The molecule has 3 rings (SSSR count). The van der Waals surface area contributed by atoms with Gasteiger partial charge in [0.25, 0.3) is 5.91 Å². The van der Waals surface area contributed by atoms with E-state index in [-0.39, 0.29) is 5.91 Å². The highest BCUT2D eigenvalue weighted by Crippen LogP contribution is 2.32. The van der Waals surface area contributed by atoms with E-state index in [1.807, 2.05) is 67.6 Å². The molecule has 1 fully saturated rings. The standard InChI is InChI=1S/C21H21NO3S2/c1-2-22-20(23)19(27-21(22)26)15-16-9-11-18(12-10-16)25-14-6-13-24-17-7-4-3-5-8-17/h3-5,7-12,15H,2,6,13-14H2,1H3. The summed E-state index contributed by atoms with van der Waals surface area (Å²) < 4.78 is 12.0. The fourth-order valence-electron chi connectivity index (χ4n) is 2.54. The van der Waals surface area contributed by atoms with Gasteiger partial charge in [-0.3, -0.25) is 9.69 Å². The molecule has 4 nitrogen and oxygen atoms in total. The Balaban J connectivity index is 1.46. The van der Waals surface area contributed by atoms with Crippen LogP contribution in [-0.2, 0) is 4.79 Å². The zero-order chi connectivity index (χ0) is 19.1. The summed E-state index contributed by atoms with van der Waals surface area (Å²) in [5.74, 6) is 1.65. The van der Waals surface area contributed by atoms with Gasteiger partial charge in [0.2, 0.25) is 0 Å². The van der Waals surface area contributed by atoms with Crippen molar-refractivity contribution in [3.63, 3.8) is 0 Å². The first-order valence-corrected chi connectivity index (χ1v) is 10.1. The smallest absolute Gasteiger partial charge is 0.266 e. The lowest BCUT2D eigenvalue weighted by Gasteiger charge is -2.09. The molecule has 0 aromatic heterocycles. The molecule has 1 aliphatic heterocycles. The predicted octanol–water partition coefficient (Wildman–Crippen LogP) is 4.76. The molecule has 0 atom stereocenters. The van der Waals surface area contributed by atoms with Gasteiger partial charge in [0.1, 0.15) is 15.8 Å². The molecule has 0 bridgehead atoms. The Hall–Kier alpha value is -2.31. The first kappa shape index (κ1) is 19.5. The first-order chi connectivity index (χ1) is 13.2. The molecule has 0 spiro atoms. The van der Waals surface area contributed by atoms with E-state index in [1.165, 1.54) is 11.8 Å². The Morgan fingerprint density at radius 1 is 1.00 bits per heavy atom. The van der Waals surface area contributed by atoms with Crippen LogP contribution in [-0.4, -0.2) is 34.9 Å². The second kappa shape index (κ2) is 9.58. The highest BCUT2D eigenvalue weighted by Gasteiger charge is 2.30. The minimum absolute atomic E-state index is 0.0220. The number of ether oxygens (including phenoxy) is 2. The van der Waals surface area contributed by atoms with Crippen molar-refractivity contribution in [1.29, 1.82) is 0 Å². The van der Waals surface area contributed by atoms with Crippen molar-refractivity contribution in [2.24, 2.45) is 0 Å². The molecule has 1 heterocycles. The lowest BCUT2D eigenvalue weighted by Crippen LogP contribution is -2.27. The van der Waals surface area contributed by atoms with E-state index in [1.54, 1.807) is 4.90 Å². The van der Waals surface area contributed by atoms with Crippen molar-refractivity contribution in [3.05, 3.63) is 65.1 Å². The van der Waals surface area contributed by atoms with Crippen LogP contribution >= 0.6 is 24.0 Å². The van der Waals surface area contributed by atoms with Crippen LogP contribution in [0.4, 0.5) is 0 Å².